The number of rotatable bonds is 3. The van der Waals surface area contributed by atoms with Gasteiger partial charge in [-0.15, -0.1) is 11.8 Å². The van der Waals surface area contributed by atoms with Crippen LogP contribution in [0.3, 0.4) is 0 Å². The zero-order valence-electron chi connectivity index (χ0n) is 12.5. The molecule has 1 atom stereocenters. The first-order valence-corrected chi connectivity index (χ1v) is 8.92. The molecule has 0 saturated carbocycles. The number of thioether (sulfide) groups is 1. The van der Waals surface area contributed by atoms with E-state index in [9.17, 15) is 4.79 Å². The minimum absolute atomic E-state index is 0.0232. The summed E-state index contributed by atoms with van der Waals surface area (Å²) in [7, 11) is 1.59. The van der Waals surface area contributed by atoms with Crippen molar-refractivity contribution < 1.29 is 9.53 Å². The van der Waals surface area contributed by atoms with Gasteiger partial charge in [0.2, 0.25) is 0 Å². The summed E-state index contributed by atoms with van der Waals surface area (Å²) < 4.78 is 5.20. The summed E-state index contributed by atoms with van der Waals surface area (Å²) in [5, 5.41) is 1.08. The van der Waals surface area contributed by atoms with Crippen LogP contribution in [0.25, 0.3) is 0 Å². The number of amides is 1. The van der Waals surface area contributed by atoms with Crippen molar-refractivity contribution in [3.8, 4) is 5.75 Å². The molecule has 1 fully saturated rings. The molecular formula is C17H15Cl2NO2S. The highest BCUT2D eigenvalue weighted by Crippen LogP contribution is 2.42. The summed E-state index contributed by atoms with van der Waals surface area (Å²) in [6.07, 6.45) is 0. The first kappa shape index (κ1) is 16.5. The van der Waals surface area contributed by atoms with Crippen LogP contribution in [0.2, 0.25) is 10.0 Å². The predicted octanol–water partition coefficient (Wildman–Crippen LogP) is 4.89. The van der Waals surface area contributed by atoms with Crippen molar-refractivity contribution in [2.75, 3.05) is 19.4 Å². The van der Waals surface area contributed by atoms with E-state index in [-0.39, 0.29) is 11.3 Å². The minimum atomic E-state index is -0.0986. The van der Waals surface area contributed by atoms with Crippen molar-refractivity contribution in [3.05, 3.63) is 63.6 Å². The van der Waals surface area contributed by atoms with E-state index in [1.165, 1.54) is 0 Å². The second-order valence-corrected chi connectivity index (χ2v) is 7.15. The number of carbonyl (C=O) groups is 1. The Labute approximate surface area is 149 Å². The van der Waals surface area contributed by atoms with Crippen molar-refractivity contribution in [2.24, 2.45) is 0 Å². The summed E-state index contributed by atoms with van der Waals surface area (Å²) in [5.41, 5.74) is 1.52. The Morgan fingerprint density at radius 1 is 1.26 bits per heavy atom. The normalized spacial score (nSPS) is 17.3. The van der Waals surface area contributed by atoms with Crippen LogP contribution in [0.4, 0.5) is 0 Å². The lowest BCUT2D eigenvalue weighted by molar-refractivity contribution is 0.0760. The number of ether oxygens (including phenoxy) is 1. The van der Waals surface area contributed by atoms with Crippen molar-refractivity contribution in [1.82, 2.24) is 4.90 Å². The third-order valence-corrected chi connectivity index (χ3v) is 5.50. The summed E-state index contributed by atoms with van der Waals surface area (Å²) in [5.74, 6) is 1.52. The molecule has 3 rings (SSSR count). The number of carbonyl (C=O) groups excluding carboxylic acids is 1. The molecule has 0 unspecified atom stereocenters. The van der Waals surface area contributed by atoms with Crippen LogP contribution >= 0.6 is 35.0 Å². The summed E-state index contributed by atoms with van der Waals surface area (Å²) >= 11 is 14.0. The average molecular weight is 368 g/mol. The standard InChI is InChI=1S/C17H15Cl2NO2S/c1-22-13-4-2-3-11(9-13)16(21)20-7-8-23-17(20)14-6-5-12(18)10-15(14)19/h2-6,9-10,17H,7-8H2,1H3/t17-/m0/s1. The lowest BCUT2D eigenvalue weighted by Gasteiger charge is -2.25. The number of nitrogens with zero attached hydrogens (tertiary/aromatic N) is 1. The number of hydrogen-bond acceptors (Lipinski definition) is 3. The molecule has 1 amide bonds. The van der Waals surface area contributed by atoms with Crippen molar-refractivity contribution in [3.63, 3.8) is 0 Å². The van der Waals surface area contributed by atoms with Gasteiger partial charge in [-0.2, -0.15) is 0 Å². The quantitative estimate of drug-likeness (QED) is 0.773. The highest BCUT2D eigenvalue weighted by Gasteiger charge is 2.32. The van der Waals surface area contributed by atoms with Crippen LogP contribution in [0.5, 0.6) is 5.75 Å². The van der Waals surface area contributed by atoms with Gasteiger partial charge in [-0.05, 0) is 30.3 Å². The van der Waals surface area contributed by atoms with Gasteiger partial charge in [0.15, 0.2) is 0 Å². The summed E-state index contributed by atoms with van der Waals surface area (Å²) in [6, 6.07) is 12.6. The van der Waals surface area contributed by atoms with Gasteiger partial charge >= 0.3 is 0 Å². The van der Waals surface area contributed by atoms with Gasteiger partial charge in [0.1, 0.15) is 11.1 Å². The highest BCUT2D eigenvalue weighted by molar-refractivity contribution is 7.99. The van der Waals surface area contributed by atoms with Crippen LogP contribution in [0.1, 0.15) is 21.3 Å². The molecule has 2 aromatic carbocycles. The van der Waals surface area contributed by atoms with Crippen LogP contribution in [-0.2, 0) is 0 Å². The molecule has 0 spiro atoms. The molecule has 2 aromatic rings. The summed E-state index contributed by atoms with van der Waals surface area (Å²) in [4.78, 5) is 14.7. The second kappa shape index (κ2) is 7.04. The fourth-order valence-corrected chi connectivity index (χ4v) is 4.43. The highest BCUT2D eigenvalue weighted by atomic mass is 35.5. The SMILES string of the molecule is COc1cccc(C(=O)N2CCS[C@H]2c2ccc(Cl)cc2Cl)c1. The van der Waals surface area contributed by atoms with Gasteiger partial charge in [0.05, 0.1) is 7.11 Å². The molecular weight excluding hydrogens is 353 g/mol. The molecule has 1 aliphatic rings. The molecule has 3 nitrogen and oxygen atoms in total. The fourth-order valence-electron chi connectivity index (χ4n) is 2.56. The van der Waals surface area contributed by atoms with Crippen LogP contribution < -0.4 is 4.74 Å². The fraction of sp³-hybridized carbons (Fsp3) is 0.235. The predicted molar refractivity (Wildman–Crippen MR) is 95.7 cm³/mol. The van der Waals surface area contributed by atoms with Gasteiger partial charge in [0, 0.05) is 33.5 Å². The van der Waals surface area contributed by atoms with Crippen molar-refractivity contribution in [1.29, 1.82) is 0 Å². The molecule has 0 aliphatic carbocycles. The Kier molecular flexibility index (Phi) is 5.05. The topological polar surface area (TPSA) is 29.5 Å². The van der Waals surface area contributed by atoms with Crippen LogP contribution in [-0.4, -0.2) is 30.2 Å². The monoisotopic (exact) mass is 367 g/mol. The van der Waals surface area contributed by atoms with E-state index < -0.39 is 0 Å². The van der Waals surface area contributed by atoms with E-state index in [0.717, 1.165) is 11.3 Å². The molecule has 120 valence electrons. The lowest BCUT2D eigenvalue weighted by Crippen LogP contribution is -2.30. The minimum Gasteiger partial charge on any atom is -0.497 e. The first-order valence-electron chi connectivity index (χ1n) is 7.11. The third-order valence-electron chi connectivity index (χ3n) is 3.70. The molecule has 6 heteroatoms. The Bertz CT molecular complexity index is 738. The van der Waals surface area contributed by atoms with Crippen LogP contribution in [0.15, 0.2) is 42.5 Å². The first-order chi connectivity index (χ1) is 11.1. The van der Waals surface area contributed by atoms with E-state index in [1.54, 1.807) is 43.1 Å². The van der Waals surface area contributed by atoms with Crippen molar-refractivity contribution >= 4 is 40.9 Å². The second-order valence-electron chi connectivity index (χ2n) is 5.12. The Hall–Kier alpha value is -1.36. The van der Waals surface area contributed by atoms with Crippen LogP contribution in [0, 0.1) is 0 Å². The van der Waals surface area contributed by atoms with Gasteiger partial charge in [-0.3, -0.25) is 4.79 Å². The largest absolute Gasteiger partial charge is 0.497 e. The van der Waals surface area contributed by atoms with E-state index in [4.69, 9.17) is 27.9 Å². The molecule has 0 bridgehead atoms. The van der Waals surface area contributed by atoms with E-state index >= 15 is 0 Å². The molecule has 23 heavy (non-hydrogen) atoms. The Balaban J connectivity index is 1.90. The Morgan fingerprint density at radius 2 is 2.09 bits per heavy atom. The molecule has 1 saturated heterocycles. The van der Waals surface area contributed by atoms with Gasteiger partial charge in [-0.1, -0.05) is 35.3 Å². The lowest BCUT2D eigenvalue weighted by atomic mass is 10.1. The van der Waals surface area contributed by atoms with E-state index in [0.29, 0.717) is 27.9 Å². The van der Waals surface area contributed by atoms with E-state index in [2.05, 4.69) is 0 Å². The maximum Gasteiger partial charge on any atom is 0.255 e. The average Bonchev–Trinajstić information content (AvgIpc) is 3.03. The van der Waals surface area contributed by atoms with Gasteiger partial charge < -0.3 is 9.64 Å². The maximum atomic E-state index is 12.9. The number of methoxy groups -OCH3 is 1. The Morgan fingerprint density at radius 3 is 2.83 bits per heavy atom. The third kappa shape index (κ3) is 3.44. The number of halogens is 2. The van der Waals surface area contributed by atoms with Gasteiger partial charge in [0.25, 0.3) is 5.91 Å². The zero-order valence-corrected chi connectivity index (χ0v) is 14.8. The molecule has 0 N–H and O–H groups in total. The smallest absolute Gasteiger partial charge is 0.255 e. The molecule has 1 aliphatic heterocycles. The zero-order chi connectivity index (χ0) is 16.4. The number of benzene rings is 2. The molecule has 0 radical (unpaired) electrons. The molecule has 0 aromatic heterocycles. The van der Waals surface area contributed by atoms with E-state index in [1.807, 2.05) is 23.1 Å². The summed E-state index contributed by atoms with van der Waals surface area (Å²) in [6.45, 7) is 0.685. The van der Waals surface area contributed by atoms with Gasteiger partial charge in [-0.25, -0.2) is 0 Å². The number of hydrogen-bond donors (Lipinski definition) is 0. The van der Waals surface area contributed by atoms with Crippen molar-refractivity contribution in [2.45, 2.75) is 5.37 Å². The maximum absolute atomic E-state index is 12.9. The molecule has 1 heterocycles.